The molecule has 806 valence electrons. The third-order valence-corrected chi connectivity index (χ3v) is 29.4. The number of anilines is 6. The number of rotatable bonds is 13. The van der Waals surface area contributed by atoms with Gasteiger partial charge in [0.2, 0.25) is 0 Å². The molecule has 0 aliphatic carbocycles. The van der Waals surface area contributed by atoms with E-state index in [1.54, 1.807) is 0 Å². The minimum absolute atomic E-state index is 0. The Morgan fingerprint density at radius 1 is 0.400 bits per heavy atom. The van der Waals surface area contributed by atoms with Crippen molar-refractivity contribution in [3.8, 4) is 11.5 Å². The molecule has 1 N–H and O–H groups in total. The Morgan fingerprint density at radius 3 is 1.30 bits per heavy atom. The molecule has 0 atom stereocenters. The van der Waals surface area contributed by atoms with E-state index in [2.05, 4.69) is 420 Å². The molecule has 4 saturated heterocycles. The van der Waals surface area contributed by atoms with Crippen LogP contribution in [-0.2, 0) is 37.6 Å². The number of likely N-dealkylation sites (N-methyl/N-ethyl adjacent to an activating group) is 2. The average molecular weight is 2030 g/mol. The molecule has 9 aromatic heterocycles. The first kappa shape index (κ1) is 129. The van der Waals surface area contributed by atoms with Crippen molar-refractivity contribution in [1.82, 2.24) is 49.8 Å². The molecule has 4 fully saturated rings. The summed E-state index contributed by atoms with van der Waals surface area (Å²) in [6.45, 7) is 82.6. The summed E-state index contributed by atoms with van der Waals surface area (Å²) in [6.07, 6.45) is 22.0. The summed E-state index contributed by atoms with van der Waals surface area (Å²) in [5.74, 6) is 23.8. The van der Waals surface area contributed by atoms with Crippen LogP contribution in [0.25, 0.3) is 0 Å². The molecule has 0 radical (unpaired) electrons. The second kappa shape index (κ2) is 62.5. The summed E-state index contributed by atoms with van der Waals surface area (Å²) in [6, 6.07) is 43.1. The molecule has 0 spiro atoms. The van der Waals surface area contributed by atoms with Gasteiger partial charge in [0, 0.05) is 161 Å². The molecule has 0 saturated carbocycles. The van der Waals surface area contributed by atoms with E-state index in [1.807, 2.05) is 63.4 Å². The highest BCUT2D eigenvalue weighted by Crippen LogP contribution is 2.35. The first-order chi connectivity index (χ1) is 66.4. The summed E-state index contributed by atoms with van der Waals surface area (Å²) in [4.78, 5) is 54.0. The number of benzene rings is 1. The number of hydrogen-bond acceptors (Lipinski definition) is 19. The fourth-order valence-electron chi connectivity index (χ4n) is 15.9. The van der Waals surface area contributed by atoms with Crippen LogP contribution >= 0.6 is 10.5 Å². The number of nitrogens with zero attached hydrogens (tertiary/aromatic N) is 15. The highest BCUT2D eigenvalue weighted by atomic mass is 32.2. The highest BCUT2D eigenvalue weighted by molar-refractivity contribution is 8.14. The monoisotopic (exact) mass is 2030 g/mol. The van der Waals surface area contributed by atoms with Crippen molar-refractivity contribution in [2.24, 2.45) is 0 Å². The van der Waals surface area contributed by atoms with Gasteiger partial charge in [0.15, 0.2) is 23.1 Å². The molecule has 16 rings (SSSR count). The molecular formula is C124H200N16O3S2. The van der Waals surface area contributed by atoms with Crippen LogP contribution in [0.5, 0.6) is 11.5 Å². The van der Waals surface area contributed by atoms with Crippen LogP contribution in [0.4, 0.5) is 34.9 Å². The number of nitrogens with one attached hydrogen (secondary N) is 1. The minimum atomic E-state index is -1.82. The van der Waals surface area contributed by atoms with Crippen molar-refractivity contribution in [3.63, 3.8) is 0 Å². The molecule has 1 aromatic carbocycles. The maximum absolute atomic E-state index is 11.8. The van der Waals surface area contributed by atoms with Crippen molar-refractivity contribution >= 4 is 66.7 Å². The lowest BCUT2D eigenvalue weighted by molar-refractivity contribution is 0.305. The molecular weight excluding hydrogens is 1830 g/mol. The van der Waals surface area contributed by atoms with E-state index in [0.29, 0.717) is 63.4 Å². The molecule has 19 nitrogen and oxygen atoms in total. The largest absolute Gasteiger partial charge is 0.488 e. The lowest BCUT2D eigenvalue weighted by Crippen LogP contribution is -2.40. The fourth-order valence-corrected chi connectivity index (χ4v) is 18.4. The van der Waals surface area contributed by atoms with Crippen LogP contribution in [0.15, 0.2) is 171 Å². The van der Waals surface area contributed by atoms with Gasteiger partial charge < -0.3 is 44.2 Å². The van der Waals surface area contributed by atoms with Gasteiger partial charge in [0.1, 0.15) is 36.5 Å². The summed E-state index contributed by atoms with van der Waals surface area (Å²) >= 11 is 0. The smallest absolute Gasteiger partial charge is 0.171 e. The van der Waals surface area contributed by atoms with Crippen molar-refractivity contribution in [2.45, 2.75) is 340 Å². The van der Waals surface area contributed by atoms with Gasteiger partial charge in [0.25, 0.3) is 0 Å². The van der Waals surface area contributed by atoms with Gasteiger partial charge >= 0.3 is 0 Å². The van der Waals surface area contributed by atoms with E-state index in [-0.39, 0.29) is 51.4 Å². The van der Waals surface area contributed by atoms with Crippen molar-refractivity contribution < 1.29 is 13.7 Å². The molecule has 21 heteroatoms. The quantitative estimate of drug-likeness (QED) is 0.107. The molecule has 0 amide bonds. The molecule has 10 aromatic rings. The van der Waals surface area contributed by atoms with Crippen LogP contribution in [-0.4, -0.2) is 194 Å². The molecule has 6 aliphatic heterocycles. The van der Waals surface area contributed by atoms with E-state index in [0.717, 1.165) is 143 Å². The SMILES string of the molecule is C.C.C.C.C=S1(=O)CCN(c2ccc(C(C)(C)C)cn2)CC1.C=S1CCN(c2ccc(C(C)(C)C)cn2)CC1.CC(C)(C)c1cnc2c(c1)OCCN2.CC(C)c1ccc(N2CCCCC2)nc1.CC(C)c1ccc(N2CCCN(C)CC2)nc1.CC(C)c1ccnc(C(C)C)c1.CCN1CCOc2cc(C(C)C)cnc21.CCc1cc(C(C)C)ccn1.Cc1cc(C(C)C)cc(C)n1.Cc1cccc(C(C)(C)C)c1. The van der Waals surface area contributed by atoms with E-state index < -0.39 is 9.52 Å². The second-order valence-electron chi connectivity index (χ2n) is 44.7. The van der Waals surface area contributed by atoms with Crippen LogP contribution in [0.2, 0.25) is 0 Å². The standard InChI is InChI=1S/C14H23N3.C14H22N2OS.C14H22N2S.C13H20N2.C12H18N2O.C11H16N2O.C11H17N.C11H16.2C10H15N.4CH4/c1-12(2)13-5-6-14(15-11-13)17-8-4-7-16(3)9-10-17;1-14(2,3)12-5-6-13(15-11-12)16-7-9-18(4,17)10-8-16;1-14(2,3)12-5-6-13(15-11-12)16-7-9-17(4)10-8-16;1-11(2)12-6-7-13(14-10-12)15-8-4-3-5-9-15;1-4-14-5-6-15-11-7-10(9(2)3)8-13-12(11)14;1-11(2,3)8-6-9-10(13-7-8)12-4-5-14-9;1-8(2)10-5-6-12-11(7-10)9(3)4;1-9-6-5-7-10(8-9)11(2,3)4;1-7(2)10-5-8(3)11-9(4)6-10;1-4-10-7-9(8(2)3)5-6-11-10;;;;/h5-6,11-12H,4,7-10H2,1-3H3;5-6,11H,4,7-10H2,1-3H3;5-6,11H,4,7-10H2,1-3H3;6-7,10-11H,3-5,8-9H2,1-2H3;7-9H,4-6H2,1-3H3;6-7H,4-5H2,1-3H3,(H,12,13);5-9H,1-4H3;5-8H,1-4H3;5-7H,1-4H3;5-8H,4H2,1-3H3;4*1H4. The highest BCUT2D eigenvalue weighted by Gasteiger charge is 2.26. The number of aromatic nitrogens is 9. The Kier molecular flexibility index (Phi) is 55.7. The summed E-state index contributed by atoms with van der Waals surface area (Å²) in [7, 11) is 0.746. The first-order valence-electron chi connectivity index (χ1n) is 52.4. The predicted molar refractivity (Wildman–Crippen MR) is 640 cm³/mol. The van der Waals surface area contributed by atoms with Crippen LogP contribution in [0, 0.1) is 20.8 Å². The van der Waals surface area contributed by atoms with Crippen molar-refractivity contribution in [3.05, 3.63) is 255 Å². The third-order valence-electron chi connectivity index (χ3n) is 26.0. The van der Waals surface area contributed by atoms with Gasteiger partial charge in [-0.25, -0.2) is 29.9 Å². The number of piperidine rings is 1. The zero-order valence-electron chi connectivity index (χ0n) is 93.3. The van der Waals surface area contributed by atoms with Gasteiger partial charge in [-0.3, -0.25) is 19.2 Å². The maximum atomic E-state index is 11.8. The Labute approximate surface area is 888 Å². The average Bonchev–Trinajstić information content (AvgIpc) is 1.38. The number of fused-ring (bicyclic) bond motifs is 2. The number of ether oxygens (including phenoxy) is 2. The van der Waals surface area contributed by atoms with E-state index in [1.165, 1.54) is 129 Å². The van der Waals surface area contributed by atoms with Gasteiger partial charge in [-0.2, -0.15) is 10.5 Å². The molecule has 0 bridgehead atoms. The number of hydrogen-bond donors (Lipinski definition) is 1. The van der Waals surface area contributed by atoms with Gasteiger partial charge in [-0.15, -0.1) is 0 Å². The van der Waals surface area contributed by atoms with Crippen LogP contribution in [0.3, 0.4) is 0 Å². The molecule has 15 heterocycles. The Morgan fingerprint density at radius 2 is 0.848 bits per heavy atom. The second-order valence-corrected chi connectivity index (χ2v) is 49.5. The predicted octanol–water partition coefficient (Wildman–Crippen LogP) is 29.7. The van der Waals surface area contributed by atoms with E-state index >= 15 is 0 Å². The van der Waals surface area contributed by atoms with Gasteiger partial charge in [-0.1, -0.05) is 277 Å². The number of pyridine rings is 9. The minimum Gasteiger partial charge on any atom is -0.488 e. The third kappa shape index (κ3) is 45.0. The lowest BCUT2D eigenvalue weighted by atomic mass is 9.86. The Balaban J connectivity index is 0.000000415. The lowest BCUT2D eigenvalue weighted by Gasteiger charge is -2.30. The van der Waals surface area contributed by atoms with Crippen LogP contribution < -0.4 is 39.3 Å². The fraction of sp³-hybridized carbons (Fsp3) is 0.573. The molecule has 145 heavy (non-hydrogen) atoms. The van der Waals surface area contributed by atoms with Gasteiger partial charge in [-0.05, 0) is 280 Å². The topological polar surface area (TPSA) is 183 Å². The molecule has 0 unspecified atom stereocenters. The Bertz CT molecular complexity index is 5390. The van der Waals surface area contributed by atoms with Gasteiger partial charge in [0.05, 0.1) is 13.1 Å². The first-order valence-corrected chi connectivity index (χ1v) is 56.2. The zero-order valence-corrected chi connectivity index (χ0v) is 95.0. The maximum Gasteiger partial charge on any atom is 0.171 e. The Hall–Kier alpha value is -9.83. The zero-order chi connectivity index (χ0) is 104. The molecule has 6 aliphatic rings. The van der Waals surface area contributed by atoms with Crippen molar-refractivity contribution in [1.29, 1.82) is 0 Å². The normalized spacial score (nSPS) is 15.0. The number of aryl methyl sites for hydroxylation is 4. The van der Waals surface area contributed by atoms with Crippen LogP contribution in [0.1, 0.15) is 375 Å². The van der Waals surface area contributed by atoms with E-state index in [4.69, 9.17) is 9.47 Å². The summed E-state index contributed by atoms with van der Waals surface area (Å²) in [5.41, 5.74) is 19.9. The van der Waals surface area contributed by atoms with Crippen molar-refractivity contribution in [2.75, 3.05) is 158 Å². The summed E-state index contributed by atoms with van der Waals surface area (Å²) < 4.78 is 23.0. The van der Waals surface area contributed by atoms with E-state index in [9.17, 15) is 4.21 Å². The summed E-state index contributed by atoms with van der Waals surface area (Å²) in [5, 5.41) is 3.21.